The Balaban J connectivity index is 1.93. The molecule has 0 saturated heterocycles. The molecule has 36 heavy (non-hydrogen) atoms. The molecule has 0 bridgehead atoms. The second kappa shape index (κ2) is 12.9. The standard InChI is InChI=1S/C28H37F2N3O3/c1-19(2)14-32(15-24(34)18-35-17-20(3)4)16-25-21(5)31-33(23-9-7-6-8-10-23)28(25)36-27-12-11-22(29)13-26(27)30/h6-13,19-20,24,34H,14-18H2,1-5H3. The van der Waals surface area contributed by atoms with E-state index in [2.05, 4.69) is 37.7 Å². The Morgan fingerprint density at radius 3 is 2.33 bits per heavy atom. The lowest BCUT2D eigenvalue weighted by molar-refractivity contribution is 0.00511. The van der Waals surface area contributed by atoms with Crippen LogP contribution >= 0.6 is 0 Å². The van der Waals surface area contributed by atoms with Gasteiger partial charge >= 0.3 is 0 Å². The van der Waals surface area contributed by atoms with Crippen LogP contribution in [-0.4, -0.2) is 52.2 Å². The van der Waals surface area contributed by atoms with Gasteiger partial charge in [0.25, 0.3) is 0 Å². The summed E-state index contributed by atoms with van der Waals surface area (Å²) >= 11 is 0. The van der Waals surface area contributed by atoms with E-state index in [0.29, 0.717) is 37.4 Å². The third-order valence-electron chi connectivity index (χ3n) is 5.47. The van der Waals surface area contributed by atoms with E-state index in [-0.39, 0.29) is 12.4 Å². The van der Waals surface area contributed by atoms with E-state index in [9.17, 15) is 13.9 Å². The molecule has 0 saturated carbocycles. The average molecular weight is 502 g/mol. The minimum atomic E-state index is -0.795. The van der Waals surface area contributed by atoms with Crippen LogP contribution in [0, 0.1) is 30.4 Å². The highest BCUT2D eigenvalue weighted by atomic mass is 19.1. The summed E-state index contributed by atoms with van der Waals surface area (Å²) < 4.78 is 41.4. The van der Waals surface area contributed by atoms with Crippen molar-refractivity contribution < 1.29 is 23.4 Å². The molecule has 0 spiro atoms. The quantitative estimate of drug-likeness (QED) is 0.324. The molecule has 0 radical (unpaired) electrons. The number of aliphatic hydroxyl groups is 1. The molecule has 1 atom stereocenters. The average Bonchev–Trinajstić information content (AvgIpc) is 3.10. The number of aryl methyl sites for hydroxylation is 1. The van der Waals surface area contributed by atoms with Crippen molar-refractivity contribution >= 4 is 0 Å². The zero-order chi connectivity index (χ0) is 26.2. The fraction of sp³-hybridized carbons (Fsp3) is 0.464. The topological polar surface area (TPSA) is 59.8 Å². The maximum Gasteiger partial charge on any atom is 0.227 e. The lowest BCUT2D eigenvalue weighted by Crippen LogP contribution is -2.37. The van der Waals surface area contributed by atoms with Gasteiger partial charge in [0.1, 0.15) is 5.82 Å². The van der Waals surface area contributed by atoms with Crippen LogP contribution in [0.2, 0.25) is 0 Å². The van der Waals surface area contributed by atoms with Crippen LogP contribution in [0.1, 0.15) is 39.0 Å². The summed E-state index contributed by atoms with van der Waals surface area (Å²) in [6.07, 6.45) is -0.661. The number of para-hydroxylation sites is 1. The van der Waals surface area contributed by atoms with Crippen LogP contribution in [0.4, 0.5) is 8.78 Å². The largest absolute Gasteiger partial charge is 0.435 e. The second-order valence-electron chi connectivity index (χ2n) is 9.97. The first-order chi connectivity index (χ1) is 17.1. The molecule has 0 aliphatic heterocycles. The number of halogens is 2. The predicted octanol–water partition coefficient (Wildman–Crippen LogP) is 5.74. The van der Waals surface area contributed by atoms with Gasteiger partial charge in [0, 0.05) is 32.3 Å². The number of ether oxygens (including phenoxy) is 2. The van der Waals surface area contributed by atoms with Gasteiger partial charge in [-0.15, -0.1) is 0 Å². The molecule has 196 valence electrons. The molecule has 1 aromatic heterocycles. The first-order valence-corrected chi connectivity index (χ1v) is 12.4. The first-order valence-electron chi connectivity index (χ1n) is 12.4. The fourth-order valence-electron chi connectivity index (χ4n) is 3.97. The SMILES string of the molecule is Cc1nn(-c2ccccc2)c(Oc2ccc(F)cc2F)c1CN(CC(C)C)CC(O)COCC(C)C. The van der Waals surface area contributed by atoms with Crippen molar-refractivity contribution in [2.75, 3.05) is 26.3 Å². The molecule has 0 amide bonds. The number of hydrogen-bond acceptors (Lipinski definition) is 5. The van der Waals surface area contributed by atoms with Gasteiger partial charge in [0.05, 0.1) is 29.7 Å². The maximum atomic E-state index is 14.5. The van der Waals surface area contributed by atoms with Crippen LogP contribution in [0.25, 0.3) is 5.69 Å². The summed E-state index contributed by atoms with van der Waals surface area (Å²) in [7, 11) is 0. The van der Waals surface area contributed by atoms with E-state index in [1.165, 1.54) is 6.07 Å². The Labute approximate surface area is 212 Å². The molecule has 8 heteroatoms. The van der Waals surface area contributed by atoms with Gasteiger partial charge in [-0.25, -0.2) is 13.5 Å². The number of nitrogens with zero attached hydrogens (tertiary/aromatic N) is 3. The molecule has 2 aromatic carbocycles. The van der Waals surface area contributed by atoms with Crippen molar-refractivity contribution in [2.45, 2.75) is 47.3 Å². The Morgan fingerprint density at radius 2 is 1.69 bits per heavy atom. The summed E-state index contributed by atoms with van der Waals surface area (Å²) in [4.78, 5) is 2.13. The highest BCUT2D eigenvalue weighted by Gasteiger charge is 2.24. The molecule has 3 rings (SSSR count). The molecule has 1 heterocycles. The summed E-state index contributed by atoms with van der Waals surface area (Å²) in [6.45, 7) is 12.6. The normalized spacial score (nSPS) is 12.6. The van der Waals surface area contributed by atoms with E-state index < -0.39 is 17.7 Å². The van der Waals surface area contributed by atoms with E-state index in [0.717, 1.165) is 35.6 Å². The van der Waals surface area contributed by atoms with Gasteiger partial charge in [-0.3, -0.25) is 4.90 Å². The Hall–Kier alpha value is -2.81. The lowest BCUT2D eigenvalue weighted by atomic mass is 10.1. The Kier molecular flexibility index (Phi) is 9.98. The van der Waals surface area contributed by atoms with Crippen LogP contribution in [0.15, 0.2) is 48.5 Å². The minimum Gasteiger partial charge on any atom is -0.435 e. The van der Waals surface area contributed by atoms with Crippen LogP contribution in [0.5, 0.6) is 11.6 Å². The van der Waals surface area contributed by atoms with Crippen molar-refractivity contribution in [2.24, 2.45) is 11.8 Å². The summed E-state index contributed by atoms with van der Waals surface area (Å²) in [6, 6.07) is 12.6. The van der Waals surface area contributed by atoms with Crippen LogP contribution in [0.3, 0.4) is 0 Å². The fourth-order valence-corrected chi connectivity index (χ4v) is 3.97. The van der Waals surface area contributed by atoms with Crippen molar-refractivity contribution in [3.8, 4) is 17.3 Å². The van der Waals surface area contributed by atoms with Gasteiger partial charge in [0.2, 0.25) is 5.88 Å². The number of hydrogen-bond donors (Lipinski definition) is 1. The highest BCUT2D eigenvalue weighted by Crippen LogP contribution is 2.33. The molecule has 0 aliphatic carbocycles. The highest BCUT2D eigenvalue weighted by molar-refractivity contribution is 5.43. The van der Waals surface area contributed by atoms with Crippen molar-refractivity contribution in [1.82, 2.24) is 14.7 Å². The molecule has 6 nitrogen and oxygen atoms in total. The summed E-state index contributed by atoms with van der Waals surface area (Å²) in [5.74, 6) is -0.476. The summed E-state index contributed by atoms with van der Waals surface area (Å²) in [5, 5.41) is 15.3. The zero-order valence-corrected chi connectivity index (χ0v) is 21.7. The monoisotopic (exact) mass is 501 g/mol. The van der Waals surface area contributed by atoms with E-state index in [4.69, 9.17) is 9.47 Å². The molecule has 0 fully saturated rings. The second-order valence-corrected chi connectivity index (χ2v) is 9.97. The Morgan fingerprint density at radius 1 is 0.972 bits per heavy atom. The molecular weight excluding hydrogens is 464 g/mol. The van der Waals surface area contributed by atoms with E-state index >= 15 is 0 Å². The van der Waals surface area contributed by atoms with Crippen LogP contribution in [-0.2, 0) is 11.3 Å². The van der Waals surface area contributed by atoms with Crippen LogP contribution < -0.4 is 4.74 Å². The zero-order valence-electron chi connectivity index (χ0n) is 21.7. The molecule has 1 unspecified atom stereocenters. The smallest absolute Gasteiger partial charge is 0.227 e. The number of aliphatic hydroxyl groups excluding tert-OH is 1. The first kappa shape index (κ1) is 27.8. The molecule has 1 N–H and O–H groups in total. The molecular formula is C28H37F2N3O3. The predicted molar refractivity (Wildman–Crippen MR) is 137 cm³/mol. The van der Waals surface area contributed by atoms with Gasteiger partial charge < -0.3 is 14.6 Å². The van der Waals surface area contributed by atoms with E-state index in [1.54, 1.807) is 4.68 Å². The summed E-state index contributed by atoms with van der Waals surface area (Å²) in [5.41, 5.74) is 2.23. The van der Waals surface area contributed by atoms with Crippen molar-refractivity contribution in [3.05, 3.63) is 71.4 Å². The van der Waals surface area contributed by atoms with Gasteiger partial charge in [0.15, 0.2) is 11.6 Å². The van der Waals surface area contributed by atoms with E-state index in [1.807, 2.05) is 37.3 Å². The van der Waals surface area contributed by atoms with Crippen molar-refractivity contribution in [3.63, 3.8) is 0 Å². The number of aromatic nitrogens is 2. The Bertz CT molecular complexity index is 1100. The van der Waals surface area contributed by atoms with Gasteiger partial charge in [-0.05, 0) is 43.0 Å². The minimum absolute atomic E-state index is 0.0905. The number of benzene rings is 2. The lowest BCUT2D eigenvalue weighted by Gasteiger charge is -2.27. The van der Waals surface area contributed by atoms with Crippen molar-refractivity contribution in [1.29, 1.82) is 0 Å². The maximum absolute atomic E-state index is 14.5. The van der Waals surface area contributed by atoms with Gasteiger partial charge in [-0.1, -0.05) is 45.9 Å². The van der Waals surface area contributed by atoms with Gasteiger partial charge in [-0.2, -0.15) is 5.10 Å². The third kappa shape index (κ3) is 7.85. The number of rotatable bonds is 13. The molecule has 0 aliphatic rings. The molecule has 3 aromatic rings. The third-order valence-corrected chi connectivity index (χ3v) is 5.47.